The minimum atomic E-state index is 0.651. The number of rotatable bonds is 6. The summed E-state index contributed by atoms with van der Waals surface area (Å²) in [6.45, 7) is 8.08. The zero-order chi connectivity index (χ0) is 16.1. The van der Waals surface area contributed by atoms with Gasteiger partial charge in [0.05, 0.1) is 12.3 Å². The average molecular weight is 313 g/mol. The van der Waals surface area contributed by atoms with Gasteiger partial charge in [-0.15, -0.1) is 0 Å². The molecule has 0 bridgehead atoms. The van der Waals surface area contributed by atoms with E-state index in [1.807, 2.05) is 19.1 Å². The van der Waals surface area contributed by atoms with Crippen molar-refractivity contribution in [3.05, 3.63) is 47.3 Å². The third-order valence-electron chi connectivity index (χ3n) is 4.54. The SMILES string of the molecule is CCOc1ccc(Cc2cc(C3CCNCC3)n(CC)n2)cc1. The van der Waals surface area contributed by atoms with Gasteiger partial charge in [0.2, 0.25) is 0 Å². The topological polar surface area (TPSA) is 39.1 Å². The molecule has 0 aliphatic carbocycles. The van der Waals surface area contributed by atoms with Gasteiger partial charge in [0.1, 0.15) is 5.75 Å². The first-order valence-corrected chi connectivity index (χ1v) is 8.79. The van der Waals surface area contributed by atoms with E-state index in [1.165, 1.54) is 29.8 Å². The summed E-state index contributed by atoms with van der Waals surface area (Å²) in [6, 6.07) is 10.7. The molecule has 124 valence electrons. The van der Waals surface area contributed by atoms with Gasteiger partial charge in [0, 0.05) is 24.6 Å². The molecule has 0 radical (unpaired) electrons. The van der Waals surface area contributed by atoms with Gasteiger partial charge >= 0.3 is 0 Å². The van der Waals surface area contributed by atoms with Gasteiger partial charge in [0.15, 0.2) is 0 Å². The number of aromatic nitrogens is 2. The normalized spacial score (nSPS) is 15.7. The molecule has 0 atom stereocenters. The fourth-order valence-corrected chi connectivity index (χ4v) is 3.35. The number of nitrogens with one attached hydrogen (secondary N) is 1. The Balaban J connectivity index is 1.73. The molecule has 1 aliphatic rings. The largest absolute Gasteiger partial charge is 0.494 e. The quantitative estimate of drug-likeness (QED) is 0.889. The van der Waals surface area contributed by atoms with E-state index < -0.39 is 0 Å². The van der Waals surface area contributed by atoms with Crippen molar-refractivity contribution >= 4 is 0 Å². The van der Waals surface area contributed by atoms with Crippen molar-refractivity contribution < 1.29 is 4.74 Å². The number of hydrogen-bond acceptors (Lipinski definition) is 3. The first kappa shape index (κ1) is 16.1. The fraction of sp³-hybridized carbons (Fsp3) is 0.526. The Hall–Kier alpha value is -1.81. The Morgan fingerprint density at radius 2 is 1.91 bits per heavy atom. The average Bonchev–Trinajstić information content (AvgIpc) is 3.01. The highest BCUT2D eigenvalue weighted by Gasteiger charge is 2.20. The number of benzene rings is 1. The van der Waals surface area contributed by atoms with E-state index in [9.17, 15) is 0 Å². The molecule has 1 aromatic carbocycles. The Morgan fingerprint density at radius 3 is 2.57 bits per heavy atom. The Bertz CT molecular complexity index is 612. The molecule has 2 heterocycles. The predicted octanol–water partition coefficient (Wildman–Crippen LogP) is 3.36. The maximum absolute atomic E-state index is 5.51. The van der Waals surface area contributed by atoms with Crippen LogP contribution in [0.2, 0.25) is 0 Å². The van der Waals surface area contributed by atoms with Crippen LogP contribution in [0.5, 0.6) is 5.75 Å². The summed E-state index contributed by atoms with van der Waals surface area (Å²) in [5, 5.41) is 8.27. The van der Waals surface area contributed by atoms with Crippen LogP contribution >= 0.6 is 0 Å². The minimum absolute atomic E-state index is 0.651. The Morgan fingerprint density at radius 1 is 1.17 bits per heavy atom. The van der Waals surface area contributed by atoms with Crippen LogP contribution in [-0.2, 0) is 13.0 Å². The van der Waals surface area contributed by atoms with E-state index >= 15 is 0 Å². The van der Waals surface area contributed by atoms with E-state index in [2.05, 4.69) is 35.1 Å². The summed E-state index contributed by atoms with van der Waals surface area (Å²) in [5.74, 6) is 1.59. The predicted molar refractivity (Wildman–Crippen MR) is 93.2 cm³/mol. The van der Waals surface area contributed by atoms with Crippen LogP contribution in [0.1, 0.15) is 49.6 Å². The third-order valence-corrected chi connectivity index (χ3v) is 4.54. The van der Waals surface area contributed by atoms with Crippen LogP contribution in [-0.4, -0.2) is 29.5 Å². The van der Waals surface area contributed by atoms with Gasteiger partial charge in [-0.25, -0.2) is 0 Å². The molecular formula is C19H27N3O. The molecular weight excluding hydrogens is 286 g/mol. The monoisotopic (exact) mass is 313 g/mol. The highest BCUT2D eigenvalue weighted by atomic mass is 16.5. The molecule has 4 nitrogen and oxygen atoms in total. The summed E-state index contributed by atoms with van der Waals surface area (Å²) >= 11 is 0. The lowest BCUT2D eigenvalue weighted by molar-refractivity contribution is 0.340. The van der Waals surface area contributed by atoms with Gasteiger partial charge in [-0.1, -0.05) is 12.1 Å². The lowest BCUT2D eigenvalue weighted by atomic mass is 9.94. The van der Waals surface area contributed by atoms with Crippen molar-refractivity contribution in [3.8, 4) is 5.75 Å². The lowest BCUT2D eigenvalue weighted by Gasteiger charge is -2.23. The van der Waals surface area contributed by atoms with E-state index in [0.29, 0.717) is 12.5 Å². The zero-order valence-corrected chi connectivity index (χ0v) is 14.2. The van der Waals surface area contributed by atoms with Crippen LogP contribution in [0.4, 0.5) is 0 Å². The zero-order valence-electron chi connectivity index (χ0n) is 14.2. The number of ether oxygens (including phenoxy) is 1. The second kappa shape index (κ2) is 7.64. The number of aryl methyl sites for hydroxylation is 1. The van der Waals surface area contributed by atoms with Gasteiger partial charge in [-0.05, 0) is 63.5 Å². The minimum Gasteiger partial charge on any atom is -0.494 e. The molecule has 1 saturated heterocycles. The molecule has 3 rings (SSSR count). The molecule has 2 aromatic rings. The second-order valence-electron chi connectivity index (χ2n) is 6.15. The standard InChI is InChI=1S/C19H27N3O/c1-3-22-19(16-9-11-20-12-10-16)14-17(21-22)13-15-5-7-18(8-6-15)23-4-2/h5-8,14,16,20H,3-4,9-13H2,1-2H3. The molecule has 0 saturated carbocycles. The van der Waals surface area contributed by atoms with Gasteiger partial charge < -0.3 is 10.1 Å². The van der Waals surface area contributed by atoms with Crippen molar-refractivity contribution in [1.82, 2.24) is 15.1 Å². The highest BCUT2D eigenvalue weighted by Crippen LogP contribution is 2.26. The van der Waals surface area contributed by atoms with Gasteiger partial charge in [-0.3, -0.25) is 4.68 Å². The first-order valence-electron chi connectivity index (χ1n) is 8.79. The van der Waals surface area contributed by atoms with E-state index in [4.69, 9.17) is 9.84 Å². The van der Waals surface area contributed by atoms with Crippen LogP contribution in [0.3, 0.4) is 0 Å². The fourth-order valence-electron chi connectivity index (χ4n) is 3.35. The maximum atomic E-state index is 5.51. The Kier molecular flexibility index (Phi) is 5.34. The van der Waals surface area contributed by atoms with Crippen molar-refractivity contribution in [3.63, 3.8) is 0 Å². The summed E-state index contributed by atoms with van der Waals surface area (Å²) < 4.78 is 7.70. The second-order valence-corrected chi connectivity index (χ2v) is 6.15. The molecule has 1 fully saturated rings. The third kappa shape index (κ3) is 3.94. The summed E-state index contributed by atoms with van der Waals surface area (Å²) in [6.07, 6.45) is 3.32. The van der Waals surface area contributed by atoms with E-state index in [-0.39, 0.29) is 0 Å². The molecule has 23 heavy (non-hydrogen) atoms. The van der Waals surface area contributed by atoms with Crippen molar-refractivity contribution in [2.45, 2.75) is 45.6 Å². The summed E-state index contributed by atoms with van der Waals surface area (Å²) in [5.41, 5.74) is 3.87. The summed E-state index contributed by atoms with van der Waals surface area (Å²) in [7, 11) is 0. The van der Waals surface area contributed by atoms with E-state index in [0.717, 1.165) is 31.8 Å². The molecule has 0 amide bonds. The Labute approximate surface area is 138 Å². The molecule has 0 unspecified atom stereocenters. The van der Waals surface area contributed by atoms with Crippen LogP contribution in [0.25, 0.3) is 0 Å². The molecule has 0 spiro atoms. The highest BCUT2D eigenvalue weighted by molar-refractivity contribution is 5.30. The molecule has 1 aliphatic heterocycles. The number of hydrogen-bond donors (Lipinski definition) is 1. The van der Waals surface area contributed by atoms with Crippen LogP contribution in [0.15, 0.2) is 30.3 Å². The van der Waals surface area contributed by atoms with Crippen molar-refractivity contribution in [1.29, 1.82) is 0 Å². The van der Waals surface area contributed by atoms with Crippen molar-refractivity contribution in [2.75, 3.05) is 19.7 Å². The number of piperidine rings is 1. The molecule has 4 heteroatoms. The first-order chi connectivity index (χ1) is 11.3. The van der Waals surface area contributed by atoms with Crippen molar-refractivity contribution in [2.24, 2.45) is 0 Å². The summed E-state index contributed by atoms with van der Waals surface area (Å²) in [4.78, 5) is 0. The van der Waals surface area contributed by atoms with Gasteiger partial charge in [0.25, 0.3) is 0 Å². The smallest absolute Gasteiger partial charge is 0.119 e. The molecule has 1 N–H and O–H groups in total. The van der Waals surface area contributed by atoms with Crippen LogP contribution in [0, 0.1) is 0 Å². The van der Waals surface area contributed by atoms with Crippen LogP contribution < -0.4 is 10.1 Å². The number of nitrogens with zero attached hydrogens (tertiary/aromatic N) is 2. The van der Waals surface area contributed by atoms with E-state index in [1.54, 1.807) is 0 Å². The van der Waals surface area contributed by atoms with Gasteiger partial charge in [-0.2, -0.15) is 5.10 Å². The maximum Gasteiger partial charge on any atom is 0.119 e. The molecule has 1 aromatic heterocycles. The lowest BCUT2D eigenvalue weighted by Crippen LogP contribution is -2.27.